The Morgan fingerprint density at radius 2 is 1.90 bits per heavy atom. The van der Waals surface area contributed by atoms with E-state index in [-0.39, 0.29) is 0 Å². The fourth-order valence-corrected chi connectivity index (χ4v) is 3.95. The van der Waals surface area contributed by atoms with E-state index in [0.717, 1.165) is 11.8 Å². The van der Waals surface area contributed by atoms with E-state index in [2.05, 4.69) is 30.7 Å². The van der Waals surface area contributed by atoms with Crippen LogP contribution in [0.15, 0.2) is 0 Å². The van der Waals surface area contributed by atoms with E-state index >= 15 is 0 Å². The van der Waals surface area contributed by atoms with E-state index < -0.39 is 0 Å². The van der Waals surface area contributed by atoms with Crippen LogP contribution in [-0.2, 0) is 0 Å². The van der Waals surface area contributed by atoms with E-state index in [4.69, 9.17) is 5.73 Å². The summed E-state index contributed by atoms with van der Waals surface area (Å²) in [7, 11) is 2.28. The third kappa shape index (κ3) is 4.71. The summed E-state index contributed by atoms with van der Waals surface area (Å²) in [6.07, 6.45) is 6.70. The zero-order valence-corrected chi connectivity index (χ0v) is 13.9. The van der Waals surface area contributed by atoms with E-state index in [9.17, 15) is 0 Å². The molecule has 2 aliphatic rings. The molecular weight excluding hydrogens is 246 g/mol. The summed E-state index contributed by atoms with van der Waals surface area (Å²) < 4.78 is 0. The molecular formula is C17H35N3. The van der Waals surface area contributed by atoms with Crippen molar-refractivity contribution in [1.82, 2.24) is 9.80 Å². The summed E-state index contributed by atoms with van der Waals surface area (Å²) in [5, 5.41) is 0. The summed E-state index contributed by atoms with van der Waals surface area (Å²) in [4.78, 5) is 5.12. The second kappa shape index (κ2) is 7.77. The number of nitrogens with two attached hydrogens (primary N) is 1. The molecule has 2 N–H and O–H groups in total. The molecule has 0 spiro atoms. The molecule has 0 aromatic carbocycles. The third-order valence-corrected chi connectivity index (χ3v) is 5.57. The molecule has 1 saturated heterocycles. The molecule has 20 heavy (non-hydrogen) atoms. The van der Waals surface area contributed by atoms with Crippen molar-refractivity contribution in [3.8, 4) is 0 Å². The lowest BCUT2D eigenvalue weighted by atomic mass is 9.74. The van der Waals surface area contributed by atoms with Crippen molar-refractivity contribution in [3.05, 3.63) is 0 Å². The molecule has 3 unspecified atom stereocenters. The largest absolute Gasteiger partial charge is 0.327 e. The zero-order chi connectivity index (χ0) is 14.5. The van der Waals surface area contributed by atoms with E-state index in [1.807, 2.05) is 0 Å². The topological polar surface area (TPSA) is 32.5 Å². The van der Waals surface area contributed by atoms with Crippen LogP contribution < -0.4 is 5.73 Å². The first-order chi connectivity index (χ1) is 9.56. The number of rotatable bonds is 6. The van der Waals surface area contributed by atoms with Crippen LogP contribution in [0.5, 0.6) is 0 Å². The summed E-state index contributed by atoms with van der Waals surface area (Å²) in [6.45, 7) is 11.0. The molecule has 1 saturated carbocycles. The average Bonchev–Trinajstić information content (AvgIpc) is 2.92. The van der Waals surface area contributed by atoms with Gasteiger partial charge in [0, 0.05) is 25.7 Å². The van der Waals surface area contributed by atoms with Crippen molar-refractivity contribution in [3.63, 3.8) is 0 Å². The fraction of sp³-hybridized carbons (Fsp3) is 1.00. The van der Waals surface area contributed by atoms with Crippen molar-refractivity contribution in [2.75, 3.05) is 39.8 Å². The van der Waals surface area contributed by atoms with Gasteiger partial charge in [0.2, 0.25) is 0 Å². The molecule has 1 aliphatic carbocycles. The molecule has 3 nitrogen and oxygen atoms in total. The van der Waals surface area contributed by atoms with Gasteiger partial charge in [-0.25, -0.2) is 0 Å². The molecule has 2 fully saturated rings. The highest BCUT2D eigenvalue weighted by atomic mass is 15.2. The maximum atomic E-state index is 6.37. The highest BCUT2D eigenvalue weighted by molar-refractivity contribution is 4.85. The summed E-state index contributed by atoms with van der Waals surface area (Å²) in [6, 6.07) is 0.430. The Bertz CT molecular complexity index is 273. The van der Waals surface area contributed by atoms with Crippen molar-refractivity contribution < 1.29 is 0 Å². The van der Waals surface area contributed by atoms with Gasteiger partial charge in [0.05, 0.1) is 0 Å². The molecule has 0 aromatic rings. The van der Waals surface area contributed by atoms with Crippen molar-refractivity contribution in [2.45, 2.75) is 52.0 Å². The SMILES string of the molecule is CC(C)C1CCC(N)C(CN(C)CCN2CCCC2)C1. The maximum absolute atomic E-state index is 6.37. The van der Waals surface area contributed by atoms with E-state index in [1.165, 1.54) is 64.8 Å². The van der Waals surface area contributed by atoms with Crippen LogP contribution in [-0.4, -0.2) is 55.6 Å². The predicted molar refractivity (Wildman–Crippen MR) is 86.8 cm³/mol. The Kier molecular flexibility index (Phi) is 6.31. The van der Waals surface area contributed by atoms with E-state index in [1.54, 1.807) is 0 Å². The summed E-state index contributed by atoms with van der Waals surface area (Å²) in [5.41, 5.74) is 6.37. The van der Waals surface area contributed by atoms with Gasteiger partial charge in [0.1, 0.15) is 0 Å². The molecule has 3 heteroatoms. The first-order valence-electron chi connectivity index (χ1n) is 8.72. The smallest absolute Gasteiger partial charge is 0.0109 e. The van der Waals surface area contributed by atoms with Gasteiger partial charge in [-0.3, -0.25) is 0 Å². The Morgan fingerprint density at radius 1 is 1.20 bits per heavy atom. The van der Waals surface area contributed by atoms with Gasteiger partial charge >= 0.3 is 0 Å². The van der Waals surface area contributed by atoms with E-state index in [0.29, 0.717) is 12.0 Å². The van der Waals surface area contributed by atoms with Gasteiger partial charge in [-0.15, -0.1) is 0 Å². The molecule has 0 radical (unpaired) electrons. The van der Waals surface area contributed by atoms with Gasteiger partial charge in [-0.05, 0) is 70.0 Å². The number of nitrogens with zero attached hydrogens (tertiary/aromatic N) is 2. The Morgan fingerprint density at radius 3 is 2.55 bits per heavy atom. The zero-order valence-electron chi connectivity index (χ0n) is 13.9. The highest BCUT2D eigenvalue weighted by Crippen LogP contribution is 2.33. The standard InChI is InChI=1S/C17H35N3/c1-14(2)15-6-7-17(18)16(12-15)13-19(3)10-11-20-8-4-5-9-20/h14-17H,4-13,18H2,1-3H3. The molecule has 3 atom stereocenters. The number of likely N-dealkylation sites (N-methyl/N-ethyl adjacent to an activating group) is 1. The van der Waals surface area contributed by atoms with Crippen molar-refractivity contribution in [1.29, 1.82) is 0 Å². The minimum atomic E-state index is 0.430. The lowest BCUT2D eigenvalue weighted by molar-refractivity contribution is 0.143. The fourth-order valence-electron chi connectivity index (χ4n) is 3.95. The molecule has 1 aliphatic heterocycles. The molecule has 2 rings (SSSR count). The van der Waals surface area contributed by atoms with Crippen LogP contribution in [0.2, 0.25) is 0 Å². The molecule has 0 bridgehead atoms. The number of hydrogen-bond donors (Lipinski definition) is 1. The van der Waals surface area contributed by atoms with Crippen LogP contribution in [0.25, 0.3) is 0 Å². The van der Waals surface area contributed by atoms with Gasteiger partial charge in [-0.2, -0.15) is 0 Å². The lowest BCUT2D eigenvalue weighted by Crippen LogP contribution is -2.44. The molecule has 118 valence electrons. The van der Waals surface area contributed by atoms with Gasteiger partial charge in [0.15, 0.2) is 0 Å². The van der Waals surface area contributed by atoms with Gasteiger partial charge in [0.25, 0.3) is 0 Å². The van der Waals surface area contributed by atoms with Crippen LogP contribution in [0.1, 0.15) is 46.0 Å². The van der Waals surface area contributed by atoms with Crippen LogP contribution in [0.4, 0.5) is 0 Å². The van der Waals surface area contributed by atoms with Crippen LogP contribution in [0, 0.1) is 17.8 Å². The van der Waals surface area contributed by atoms with Crippen molar-refractivity contribution >= 4 is 0 Å². The Balaban J connectivity index is 1.72. The Hall–Kier alpha value is -0.120. The first kappa shape index (κ1) is 16.3. The normalized spacial score (nSPS) is 32.4. The molecule has 1 heterocycles. The highest BCUT2D eigenvalue weighted by Gasteiger charge is 2.30. The monoisotopic (exact) mass is 281 g/mol. The third-order valence-electron chi connectivity index (χ3n) is 5.57. The quantitative estimate of drug-likeness (QED) is 0.811. The van der Waals surface area contributed by atoms with Crippen LogP contribution in [0.3, 0.4) is 0 Å². The second-order valence-corrected chi connectivity index (χ2v) is 7.55. The summed E-state index contributed by atoms with van der Waals surface area (Å²) in [5.74, 6) is 2.42. The summed E-state index contributed by atoms with van der Waals surface area (Å²) >= 11 is 0. The molecule has 0 amide bonds. The number of likely N-dealkylation sites (tertiary alicyclic amines) is 1. The first-order valence-corrected chi connectivity index (χ1v) is 8.72. The Labute approximate surface area is 125 Å². The second-order valence-electron chi connectivity index (χ2n) is 7.55. The predicted octanol–water partition coefficient (Wildman–Crippen LogP) is 2.41. The maximum Gasteiger partial charge on any atom is 0.0109 e. The molecule has 0 aromatic heterocycles. The van der Waals surface area contributed by atoms with Crippen LogP contribution >= 0.6 is 0 Å². The van der Waals surface area contributed by atoms with Gasteiger partial charge < -0.3 is 15.5 Å². The van der Waals surface area contributed by atoms with Crippen molar-refractivity contribution in [2.24, 2.45) is 23.5 Å². The average molecular weight is 281 g/mol. The minimum absolute atomic E-state index is 0.430. The van der Waals surface area contributed by atoms with Gasteiger partial charge in [-0.1, -0.05) is 13.8 Å². The minimum Gasteiger partial charge on any atom is -0.327 e. The lowest BCUT2D eigenvalue weighted by Gasteiger charge is -2.38. The number of hydrogen-bond acceptors (Lipinski definition) is 3.